The van der Waals surface area contributed by atoms with E-state index >= 15 is 0 Å². The summed E-state index contributed by atoms with van der Waals surface area (Å²) in [6.07, 6.45) is 3.90. The molecule has 6 nitrogen and oxygen atoms in total. The second kappa shape index (κ2) is 7.21. The van der Waals surface area contributed by atoms with E-state index in [-0.39, 0.29) is 0 Å². The number of aliphatic imine (C=N–C) groups is 1. The van der Waals surface area contributed by atoms with Gasteiger partial charge in [0.2, 0.25) is 0 Å². The van der Waals surface area contributed by atoms with E-state index in [1.165, 1.54) is 5.56 Å². The Hall–Kier alpha value is -1.89. The molecule has 0 spiro atoms. The zero-order valence-corrected chi connectivity index (χ0v) is 13.8. The van der Waals surface area contributed by atoms with Crippen LogP contribution in [-0.4, -0.2) is 46.3 Å². The first-order valence-corrected chi connectivity index (χ1v) is 7.78. The molecular weight excluding hydrogens is 284 g/mol. The van der Waals surface area contributed by atoms with Crippen molar-refractivity contribution in [1.82, 2.24) is 25.0 Å². The Balaban J connectivity index is 1.82. The predicted octanol–water partition coefficient (Wildman–Crippen LogP) is 1.66. The second-order valence-electron chi connectivity index (χ2n) is 4.97. The largest absolute Gasteiger partial charge is 0.354 e. The summed E-state index contributed by atoms with van der Waals surface area (Å²) in [5.41, 5.74) is 2.25. The molecule has 0 bridgehead atoms. The topological polar surface area (TPSA) is 58.3 Å². The molecule has 7 heteroatoms. The summed E-state index contributed by atoms with van der Waals surface area (Å²) in [6, 6.07) is 0. The van der Waals surface area contributed by atoms with Crippen molar-refractivity contribution in [1.29, 1.82) is 0 Å². The lowest BCUT2D eigenvalue weighted by molar-refractivity contribution is 0.465. The zero-order valence-electron chi connectivity index (χ0n) is 13.0. The summed E-state index contributed by atoms with van der Waals surface area (Å²) in [7, 11) is 3.81. The predicted molar refractivity (Wildman–Crippen MR) is 86.6 cm³/mol. The molecule has 2 aromatic rings. The van der Waals surface area contributed by atoms with Crippen LogP contribution in [0.2, 0.25) is 0 Å². The Kier molecular flexibility index (Phi) is 5.32. The SMILES string of the molecule is CN=C(NCCn1cc(C)cn1)N(C)Cc1csc(C)n1. The Morgan fingerprint density at radius 1 is 1.48 bits per heavy atom. The number of nitrogens with zero attached hydrogens (tertiary/aromatic N) is 5. The highest BCUT2D eigenvalue weighted by Gasteiger charge is 2.08. The van der Waals surface area contributed by atoms with Crippen LogP contribution in [0.5, 0.6) is 0 Å². The average molecular weight is 306 g/mol. The van der Waals surface area contributed by atoms with Crippen molar-refractivity contribution in [2.75, 3.05) is 20.6 Å². The minimum Gasteiger partial charge on any atom is -0.354 e. The summed E-state index contributed by atoms with van der Waals surface area (Å²) in [4.78, 5) is 10.9. The zero-order chi connectivity index (χ0) is 15.2. The first-order valence-electron chi connectivity index (χ1n) is 6.90. The highest BCUT2D eigenvalue weighted by Crippen LogP contribution is 2.09. The van der Waals surface area contributed by atoms with Crippen molar-refractivity contribution in [3.63, 3.8) is 0 Å². The van der Waals surface area contributed by atoms with Gasteiger partial charge in [-0.25, -0.2) is 4.98 Å². The molecule has 2 heterocycles. The molecular formula is C14H22N6S. The second-order valence-corrected chi connectivity index (χ2v) is 6.03. The van der Waals surface area contributed by atoms with Crippen LogP contribution in [0, 0.1) is 13.8 Å². The van der Waals surface area contributed by atoms with E-state index in [2.05, 4.69) is 30.7 Å². The molecule has 0 aromatic carbocycles. The molecule has 0 amide bonds. The van der Waals surface area contributed by atoms with Crippen LogP contribution in [0.1, 0.15) is 16.3 Å². The van der Waals surface area contributed by atoms with E-state index in [1.807, 2.05) is 38.0 Å². The number of aryl methyl sites for hydroxylation is 2. The van der Waals surface area contributed by atoms with E-state index < -0.39 is 0 Å². The molecule has 0 fully saturated rings. The molecule has 0 aliphatic heterocycles. The third kappa shape index (κ3) is 4.56. The maximum Gasteiger partial charge on any atom is 0.193 e. The van der Waals surface area contributed by atoms with E-state index in [9.17, 15) is 0 Å². The van der Waals surface area contributed by atoms with Gasteiger partial charge >= 0.3 is 0 Å². The lowest BCUT2D eigenvalue weighted by Crippen LogP contribution is -2.39. The van der Waals surface area contributed by atoms with E-state index in [4.69, 9.17) is 0 Å². The van der Waals surface area contributed by atoms with E-state index in [0.717, 1.165) is 36.3 Å². The summed E-state index contributed by atoms with van der Waals surface area (Å²) in [6.45, 7) is 6.42. The highest BCUT2D eigenvalue weighted by molar-refractivity contribution is 7.09. The van der Waals surface area contributed by atoms with Crippen LogP contribution in [0.4, 0.5) is 0 Å². The fourth-order valence-corrected chi connectivity index (χ4v) is 2.66. The normalized spacial score (nSPS) is 11.7. The smallest absolute Gasteiger partial charge is 0.193 e. The van der Waals surface area contributed by atoms with Gasteiger partial charge in [-0.3, -0.25) is 9.67 Å². The summed E-state index contributed by atoms with van der Waals surface area (Å²) in [5.74, 6) is 0.865. The molecule has 1 N–H and O–H groups in total. The van der Waals surface area contributed by atoms with Crippen LogP contribution in [0.25, 0.3) is 0 Å². The number of guanidine groups is 1. The fraction of sp³-hybridized carbons (Fsp3) is 0.500. The molecule has 0 radical (unpaired) electrons. The number of aromatic nitrogens is 3. The van der Waals surface area contributed by atoms with Crippen molar-refractivity contribution in [2.24, 2.45) is 4.99 Å². The molecule has 0 atom stereocenters. The van der Waals surface area contributed by atoms with Gasteiger partial charge in [0, 0.05) is 32.2 Å². The molecule has 114 valence electrons. The Morgan fingerprint density at radius 2 is 2.29 bits per heavy atom. The fourth-order valence-electron chi connectivity index (χ4n) is 2.05. The molecule has 0 aliphatic carbocycles. The summed E-state index contributed by atoms with van der Waals surface area (Å²) < 4.78 is 1.93. The first kappa shape index (κ1) is 15.5. The van der Waals surface area contributed by atoms with Gasteiger partial charge in [0.1, 0.15) is 0 Å². The van der Waals surface area contributed by atoms with Crippen LogP contribution in [-0.2, 0) is 13.1 Å². The maximum absolute atomic E-state index is 4.48. The molecule has 2 aromatic heterocycles. The van der Waals surface area contributed by atoms with Crippen molar-refractivity contribution in [2.45, 2.75) is 26.9 Å². The molecule has 0 unspecified atom stereocenters. The maximum atomic E-state index is 4.48. The van der Waals surface area contributed by atoms with Crippen LogP contribution >= 0.6 is 11.3 Å². The Morgan fingerprint density at radius 3 is 2.86 bits per heavy atom. The van der Waals surface area contributed by atoms with Crippen LogP contribution in [0.15, 0.2) is 22.8 Å². The molecule has 2 rings (SSSR count). The third-order valence-corrected chi connectivity index (χ3v) is 3.85. The van der Waals surface area contributed by atoms with Gasteiger partial charge in [-0.1, -0.05) is 0 Å². The van der Waals surface area contributed by atoms with Crippen LogP contribution in [0.3, 0.4) is 0 Å². The van der Waals surface area contributed by atoms with Crippen LogP contribution < -0.4 is 5.32 Å². The third-order valence-electron chi connectivity index (χ3n) is 3.03. The van der Waals surface area contributed by atoms with Gasteiger partial charge in [0.15, 0.2) is 5.96 Å². The van der Waals surface area contributed by atoms with Gasteiger partial charge in [-0.15, -0.1) is 11.3 Å². The molecule has 0 aliphatic rings. The van der Waals surface area contributed by atoms with Crippen molar-refractivity contribution >= 4 is 17.3 Å². The minimum atomic E-state index is 0.755. The minimum absolute atomic E-state index is 0.755. The first-order chi connectivity index (χ1) is 10.1. The molecule has 0 saturated heterocycles. The summed E-state index contributed by atoms with van der Waals surface area (Å²) >= 11 is 1.67. The van der Waals surface area contributed by atoms with Crippen molar-refractivity contribution in [3.8, 4) is 0 Å². The van der Waals surface area contributed by atoms with Crippen molar-refractivity contribution in [3.05, 3.63) is 34.0 Å². The number of rotatable bonds is 5. The van der Waals surface area contributed by atoms with E-state index in [0.29, 0.717) is 0 Å². The molecule has 21 heavy (non-hydrogen) atoms. The van der Waals surface area contributed by atoms with Gasteiger partial charge in [-0.05, 0) is 19.4 Å². The lowest BCUT2D eigenvalue weighted by atomic mass is 10.4. The highest BCUT2D eigenvalue weighted by atomic mass is 32.1. The summed E-state index contributed by atoms with van der Waals surface area (Å²) in [5, 5.41) is 10.8. The van der Waals surface area contributed by atoms with Gasteiger partial charge in [0.25, 0.3) is 0 Å². The van der Waals surface area contributed by atoms with Gasteiger partial charge in [0.05, 0.1) is 30.0 Å². The number of hydrogen-bond donors (Lipinski definition) is 1. The Bertz CT molecular complexity index is 600. The lowest BCUT2D eigenvalue weighted by Gasteiger charge is -2.21. The van der Waals surface area contributed by atoms with Crippen molar-refractivity contribution < 1.29 is 0 Å². The average Bonchev–Trinajstić information content (AvgIpc) is 3.03. The monoisotopic (exact) mass is 306 g/mol. The van der Waals surface area contributed by atoms with E-state index in [1.54, 1.807) is 18.4 Å². The quantitative estimate of drug-likeness (QED) is 0.674. The number of thiazole rings is 1. The number of hydrogen-bond acceptors (Lipinski definition) is 4. The standard InChI is InChI=1S/C14H22N6S/c1-11-7-17-20(8-11)6-5-16-14(15-3)19(4)9-13-10-21-12(2)18-13/h7-8,10H,5-6,9H2,1-4H3,(H,15,16). The Labute approximate surface area is 129 Å². The number of nitrogens with one attached hydrogen (secondary N) is 1. The van der Waals surface area contributed by atoms with Gasteiger partial charge < -0.3 is 10.2 Å². The van der Waals surface area contributed by atoms with Gasteiger partial charge in [-0.2, -0.15) is 5.10 Å². The molecule has 0 saturated carbocycles.